The van der Waals surface area contributed by atoms with Crippen LogP contribution in [-0.2, 0) is 21.3 Å². The SMILES string of the molecule is CCC(COC)NS(=O)(=O)c1ccc(CNCC(C)C)o1. The number of nitrogens with one attached hydrogen (secondary N) is 2. The molecular formula is C14H26N2O4S. The second-order valence-electron chi connectivity index (χ2n) is 5.43. The lowest BCUT2D eigenvalue weighted by molar-refractivity contribution is 0.173. The zero-order valence-electron chi connectivity index (χ0n) is 13.2. The highest BCUT2D eigenvalue weighted by Gasteiger charge is 2.22. The van der Waals surface area contributed by atoms with Crippen molar-refractivity contribution in [1.29, 1.82) is 0 Å². The third-order valence-electron chi connectivity index (χ3n) is 2.94. The lowest BCUT2D eigenvalue weighted by atomic mass is 10.2. The first-order valence-electron chi connectivity index (χ1n) is 7.19. The molecule has 2 N–H and O–H groups in total. The Hall–Kier alpha value is -0.890. The molecule has 0 saturated carbocycles. The molecule has 0 saturated heterocycles. The molecule has 1 aromatic heterocycles. The minimum absolute atomic E-state index is 0.0570. The van der Waals surface area contributed by atoms with Crippen molar-refractivity contribution in [3.05, 3.63) is 17.9 Å². The molecule has 1 unspecified atom stereocenters. The van der Waals surface area contributed by atoms with Gasteiger partial charge in [0.2, 0.25) is 5.09 Å². The van der Waals surface area contributed by atoms with Gasteiger partial charge in [-0.25, -0.2) is 13.1 Å². The molecule has 0 amide bonds. The summed E-state index contributed by atoms with van der Waals surface area (Å²) in [6.45, 7) is 7.82. The summed E-state index contributed by atoms with van der Waals surface area (Å²) >= 11 is 0. The van der Waals surface area contributed by atoms with E-state index in [1.165, 1.54) is 6.07 Å². The van der Waals surface area contributed by atoms with E-state index in [2.05, 4.69) is 23.9 Å². The normalized spacial score (nSPS) is 13.8. The molecule has 1 aromatic rings. The average molecular weight is 318 g/mol. The fourth-order valence-corrected chi connectivity index (χ4v) is 3.05. The molecule has 7 heteroatoms. The first-order chi connectivity index (χ1) is 9.89. The predicted molar refractivity (Wildman–Crippen MR) is 81.5 cm³/mol. The minimum atomic E-state index is -3.64. The van der Waals surface area contributed by atoms with Gasteiger partial charge in [-0.3, -0.25) is 0 Å². The van der Waals surface area contributed by atoms with Crippen LogP contribution in [0.5, 0.6) is 0 Å². The Balaban J connectivity index is 2.65. The van der Waals surface area contributed by atoms with Crippen molar-refractivity contribution in [3.63, 3.8) is 0 Å². The Morgan fingerprint density at radius 2 is 2.05 bits per heavy atom. The topological polar surface area (TPSA) is 80.6 Å². The molecule has 0 aromatic carbocycles. The van der Waals surface area contributed by atoms with Crippen LogP contribution in [0.1, 0.15) is 33.0 Å². The number of ether oxygens (including phenoxy) is 1. The highest BCUT2D eigenvalue weighted by molar-refractivity contribution is 7.89. The van der Waals surface area contributed by atoms with E-state index < -0.39 is 10.0 Å². The van der Waals surface area contributed by atoms with Crippen LogP contribution in [0.4, 0.5) is 0 Å². The monoisotopic (exact) mass is 318 g/mol. The van der Waals surface area contributed by atoms with Gasteiger partial charge in [0, 0.05) is 13.2 Å². The fourth-order valence-electron chi connectivity index (χ4n) is 1.80. The summed E-state index contributed by atoms with van der Waals surface area (Å²) in [5.41, 5.74) is 0. The molecule has 1 heterocycles. The van der Waals surface area contributed by atoms with E-state index in [-0.39, 0.29) is 11.1 Å². The zero-order chi connectivity index (χ0) is 15.9. The van der Waals surface area contributed by atoms with Gasteiger partial charge in [0.1, 0.15) is 5.76 Å². The Bertz CT molecular complexity index is 511. The van der Waals surface area contributed by atoms with Crippen LogP contribution >= 0.6 is 0 Å². The molecule has 122 valence electrons. The maximum Gasteiger partial charge on any atom is 0.274 e. The Kier molecular flexibility index (Phi) is 7.37. The van der Waals surface area contributed by atoms with Gasteiger partial charge in [-0.15, -0.1) is 0 Å². The van der Waals surface area contributed by atoms with Crippen molar-refractivity contribution in [1.82, 2.24) is 10.0 Å². The van der Waals surface area contributed by atoms with Gasteiger partial charge in [0.05, 0.1) is 13.2 Å². The number of methoxy groups -OCH3 is 1. The number of furan rings is 1. The lowest BCUT2D eigenvalue weighted by Crippen LogP contribution is -2.37. The van der Waals surface area contributed by atoms with Crippen LogP contribution in [0.25, 0.3) is 0 Å². The van der Waals surface area contributed by atoms with Crippen molar-refractivity contribution in [2.24, 2.45) is 5.92 Å². The summed E-state index contributed by atoms with van der Waals surface area (Å²) in [5, 5.41) is 3.15. The molecule has 0 aliphatic heterocycles. The second-order valence-corrected chi connectivity index (χ2v) is 7.07. The van der Waals surface area contributed by atoms with E-state index in [0.717, 1.165) is 6.54 Å². The van der Waals surface area contributed by atoms with Crippen molar-refractivity contribution in [2.75, 3.05) is 20.3 Å². The van der Waals surface area contributed by atoms with E-state index in [9.17, 15) is 8.42 Å². The Morgan fingerprint density at radius 1 is 1.33 bits per heavy atom. The standard InChI is InChI=1S/C14H26N2O4S/c1-5-12(10-19-4)16-21(17,18)14-7-6-13(20-14)9-15-8-11(2)3/h6-7,11-12,15-16H,5,8-10H2,1-4H3. The van der Waals surface area contributed by atoms with Crippen LogP contribution in [0.2, 0.25) is 0 Å². The molecule has 0 aliphatic carbocycles. The average Bonchev–Trinajstić information content (AvgIpc) is 2.87. The Labute approximate surface area is 127 Å². The third kappa shape index (κ3) is 6.17. The lowest BCUT2D eigenvalue weighted by Gasteiger charge is -2.14. The molecule has 0 spiro atoms. The van der Waals surface area contributed by atoms with E-state index in [0.29, 0.717) is 31.3 Å². The summed E-state index contributed by atoms with van der Waals surface area (Å²) in [7, 11) is -2.09. The van der Waals surface area contributed by atoms with Crippen LogP contribution in [-0.4, -0.2) is 34.7 Å². The quantitative estimate of drug-likeness (QED) is 0.687. The molecule has 0 fully saturated rings. The molecule has 1 atom stereocenters. The highest BCUT2D eigenvalue weighted by atomic mass is 32.2. The largest absolute Gasteiger partial charge is 0.447 e. The van der Waals surface area contributed by atoms with Gasteiger partial charge in [-0.2, -0.15) is 0 Å². The minimum Gasteiger partial charge on any atom is -0.447 e. The van der Waals surface area contributed by atoms with E-state index in [1.54, 1.807) is 13.2 Å². The summed E-state index contributed by atoms with van der Waals surface area (Å²) in [5.74, 6) is 1.14. The van der Waals surface area contributed by atoms with Crippen LogP contribution in [0.3, 0.4) is 0 Å². The Morgan fingerprint density at radius 3 is 2.62 bits per heavy atom. The maximum atomic E-state index is 12.2. The van der Waals surface area contributed by atoms with E-state index >= 15 is 0 Å². The van der Waals surface area contributed by atoms with Gasteiger partial charge < -0.3 is 14.5 Å². The molecule has 1 rings (SSSR count). The first-order valence-corrected chi connectivity index (χ1v) is 8.68. The summed E-state index contributed by atoms with van der Waals surface area (Å²) < 4.78 is 37.4. The first kappa shape index (κ1) is 18.2. The maximum absolute atomic E-state index is 12.2. The molecule has 6 nitrogen and oxygen atoms in total. The summed E-state index contributed by atoms with van der Waals surface area (Å²) in [6, 6.07) is 2.90. The zero-order valence-corrected chi connectivity index (χ0v) is 14.0. The number of hydrogen-bond donors (Lipinski definition) is 2. The fraction of sp³-hybridized carbons (Fsp3) is 0.714. The van der Waals surface area contributed by atoms with Gasteiger partial charge in [-0.1, -0.05) is 20.8 Å². The molecule has 21 heavy (non-hydrogen) atoms. The van der Waals surface area contributed by atoms with Crippen molar-refractivity contribution >= 4 is 10.0 Å². The van der Waals surface area contributed by atoms with Gasteiger partial charge in [0.25, 0.3) is 10.0 Å². The smallest absolute Gasteiger partial charge is 0.274 e. The van der Waals surface area contributed by atoms with Gasteiger partial charge >= 0.3 is 0 Å². The predicted octanol–water partition coefficient (Wildman–Crippen LogP) is 1.73. The van der Waals surface area contributed by atoms with Gasteiger partial charge in [0.15, 0.2) is 0 Å². The number of hydrogen-bond acceptors (Lipinski definition) is 5. The van der Waals surface area contributed by atoms with Crippen molar-refractivity contribution < 1.29 is 17.6 Å². The highest BCUT2D eigenvalue weighted by Crippen LogP contribution is 2.14. The summed E-state index contributed by atoms with van der Waals surface area (Å²) in [6.07, 6.45) is 0.649. The van der Waals surface area contributed by atoms with E-state index in [1.807, 2.05) is 6.92 Å². The molecule has 0 aliphatic rings. The van der Waals surface area contributed by atoms with Gasteiger partial charge in [-0.05, 0) is 31.0 Å². The van der Waals surface area contributed by atoms with Crippen molar-refractivity contribution in [3.8, 4) is 0 Å². The van der Waals surface area contributed by atoms with Crippen LogP contribution in [0, 0.1) is 5.92 Å². The molecular weight excluding hydrogens is 292 g/mol. The number of sulfonamides is 1. The molecule has 0 bridgehead atoms. The third-order valence-corrected chi connectivity index (χ3v) is 4.33. The number of rotatable bonds is 10. The molecule has 0 radical (unpaired) electrons. The van der Waals surface area contributed by atoms with E-state index in [4.69, 9.17) is 9.15 Å². The summed E-state index contributed by atoms with van der Waals surface area (Å²) in [4.78, 5) is 0. The second kappa shape index (κ2) is 8.53. The van der Waals surface area contributed by atoms with Crippen LogP contribution in [0.15, 0.2) is 21.6 Å². The van der Waals surface area contributed by atoms with Crippen molar-refractivity contribution in [2.45, 2.75) is 44.9 Å². The van der Waals surface area contributed by atoms with Crippen LogP contribution < -0.4 is 10.0 Å².